The molecule has 174 valence electrons. The molecule has 3 aromatic rings. The Bertz CT molecular complexity index is 1100. The van der Waals surface area contributed by atoms with E-state index in [-0.39, 0.29) is 5.91 Å². The normalized spacial score (nSPS) is 14.2. The molecule has 1 fully saturated rings. The predicted molar refractivity (Wildman–Crippen MR) is 124 cm³/mol. The molecule has 33 heavy (non-hydrogen) atoms. The summed E-state index contributed by atoms with van der Waals surface area (Å²) >= 11 is 0. The van der Waals surface area contributed by atoms with Gasteiger partial charge in [-0.15, -0.1) is 0 Å². The lowest BCUT2D eigenvalue weighted by atomic mass is 10.1. The third-order valence-corrected chi connectivity index (χ3v) is 5.89. The lowest BCUT2D eigenvalue weighted by molar-refractivity contribution is 0.0626. The summed E-state index contributed by atoms with van der Waals surface area (Å²) < 4.78 is 21.7. The molecule has 2 aromatic carbocycles. The number of oxazole rings is 1. The number of hydrogen-bond donors (Lipinski definition) is 0. The molecule has 0 unspecified atom stereocenters. The van der Waals surface area contributed by atoms with Gasteiger partial charge in [0.1, 0.15) is 11.5 Å². The predicted octanol–water partition coefficient (Wildman–Crippen LogP) is 3.63. The minimum atomic E-state index is -0.00462. The summed E-state index contributed by atoms with van der Waals surface area (Å²) in [7, 11) is 4.79. The van der Waals surface area contributed by atoms with Gasteiger partial charge in [-0.05, 0) is 49.4 Å². The van der Waals surface area contributed by atoms with Crippen molar-refractivity contribution in [1.29, 1.82) is 0 Å². The monoisotopic (exact) mass is 451 g/mol. The smallest absolute Gasteiger partial charge is 0.254 e. The van der Waals surface area contributed by atoms with Crippen LogP contribution in [0.2, 0.25) is 0 Å². The number of ether oxygens (including phenoxy) is 3. The first-order valence-electron chi connectivity index (χ1n) is 10.9. The molecule has 0 spiro atoms. The quantitative estimate of drug-likeness (QED) is 0.543. The molecule has 1 aromatic heterocycles. The number of piperazine rings is 1. The van der Waals surface area contributed by atoms with Crippen LogP contribution in [0.5, 0.6) is 17.2 Å². The summed E-state index contributed by atoms with van der Waals surface area (Å²) in [5.74, 6) is 3.36. The minimum Gasteiger partial charge on any atom is -0.497 e. The second kappa shape index (κ2) is 9.95. The van der Waals surface area contributed by atoms with E-state index in [1.807, 2.05) is 36.1 Å². The Kier molecular flexibility index (Phi) is 6.84. The maximum absolute atomic E-state index is 13.0. The van der Waals surface area contributed by atoms with E-state index < -0.39 is 0 Å². The largest absolute Gasteiger partial charge is 0.497 e. The molecule has 0 saturated carbocycles. The van der Waals surface area contributed by atoms with E-state index in [2.05, 4.69) is 4.90 Å². The number of benzene rings is 2. The summed E-state index contributed by atoms with van der Waals surface area (Å²) in [4.78, 5) is 21.8. The highest BCUT2D eigenvalue weighted by atomic mass is 16.5. The fourth-order valence-corrected chi connectivity index (χ4v) is 3.90. The molecular formula is C25H29N3O5. The van der Waals surface area contributed by atoms with E-state index in [1.54, 1.807) is 39.5 Å². The SMILES string of the molecule is COc1ccc(-c2nc(CN3CCN(C(=O)c4ccc(OC)c(OC)c4)CC3)c(C)o2)cc1. The molecule has 8 nitrogen and oxygen atoms in total. The number of nitrogens with zero attached hydrogens (tertiary/aromatic N) is 3. The first-order chi connectivity index (χ1) is 16.0. The topological polar surface area (TPSA) is 77.3 Å². The second-order valence-electron chi connectivity index (χ2n) is 7.89. The average Bonchev–Trinajstić information content (AvgIpc) is 3.23. The molecule has 0 bridgehead atoms. The van der Waals surface area contributed by atoms with Gasteiger partial charge in [-0.2, -0.15) is 0 Å². The number of aromatic nitrogens is 1. The van der Waals surface area contributed by atoms with Crippen LogP contribution >= 0.6 is 0 Å². The number of amides is 1. The minimum absolute atomic E-state index is 0.00462. The summed E-state index contributed by atoms with van der Waals surface area (Å²) in [6, 6.07) is 12.9. The summed E-state index contributed by atoms with van der Waals surface area (Å²) in [6.07, 6.45) is 0. The zero-order chi connectivity index (χ0) is 23.4. The third-order valence-electron chi connectivity index (χ3n) is 5.89. The molecule has 8 heteroatoms. The molecule has 1 saturated heterocycles. The van der Waals surface area contributed by atoms with Gasteiger partial charge in [0.25, 0.3) is 5.91 Å². The van der Waals surface area contributed by atoms with Gasteiger partial charge in [0.05, 0.1) is 27.0 Å². The highest BCUT2D eigenvalue weighted by Crippen LogP contribution is 2.28. The van der Waals surface area contributed by atoms with Crippen LogP contribution in [0.25, 0.3) is 11.5 Å². The van der Waals surface area contributed by atoms with E-state index in [0.717, 1.165) is 35.9 Å². The second-order valence-corrected chi connectivity index (χ2v) is 7.89. The van der Waals surface area contributed by atoms with E-state index in [1.165, 1.54) is 0 Å². The van der Waals surface area contributed by atoms with Crippen molar-refractivity contribution in [3.05, 3.63) is 59.5 Å². The average molecular weight is 452 g/mol. The number of methoxy groups -OCH3 is 3. The van der Waals surface area contributed by atoms with Crippen LogP contribution in [-0.4, -0.2) is 68.2 Å². The van der Waals surface area contributed by atoms with Gasteiger partial charge in [0.15, 0.2) is 11.5 Å². The maximum Gasteiger partial charge on any atom is 0.254 e. The van der Waals surface area contributed by atoms with Gasteiger partial charge in [-0.1, -0.05) is 0 Å². The van der Waals surface area contributed by atoms with Crippen LogP contribution in [-0.2, 0) is 6.54 Å². The van der Waals surface area contributed by atoms with E-state index in [4.69, 9.17) is 23.6 Å². The van der Waals surface area contributed by atoms with Crippen LogP contribution < -0.4 is 14.2 Å². The summed E-state index contributed by atoms with van der Waals surface area (Å²) in [5, 5.41) is 0. The van der Waals surface area contributed by atoms with Crippen molar-refractivity contribution in [1.82, 2.24) is 14.8 Å². The number of rotatable bonds is 7. The first kappa shape index (κ1) is 22.7. The zero-order valence-electron chi connectivity index (χ0n) is 19.5. The van der Waals surface area contributed by atoms with Gasteiger partial charge in [0, 0.05) is 43.9 Å². The van der Waals surface area contributed by atoms with Gasteiger partial charge in [0.2, 0.25) is 5.89 Å². The molecule has 2 heterocycles. The van der Waals surface area contributed by atoms with Gasteiger partial charge in [-0.3, -0.25) is 9.69 Å². The first-order valence-corrected chi connectivity index (χ1v) is 10.9. The van der Waals surface area contributed by atoms with Crippen molar-refractivity contribution in [2.45, 2.75) is 13.5 Å². The standard InChI is InChI=1S/C25H29N3O5/c1-17-21(26-24(33-17)18-5-8-20(30-2)9-6-18)16-27-11-13-28(14-12-27)25(29)19-7-10-22(31-3)23(15-19)32-4/h5-10,15H,11-14,16H2,1-4H3. The Morgan fingerprint density at radius 3 is 2.27 bits per heavy atom. The van der Waals surface area contributed by atoms with Crippen LogP contribution in [0.15, 0.2) is 46.9 Å². The molecule has 0 aliphatic carbocycles. The van der Waals surface area contributed by atoms with Gasteiger partial charge < -0.3 is 23.5 Å². The lowest BCUT2D eigenvalue weighted by Gasteiger charge is -2.34. The number of hydrogen-bond acceptors (Lipinski definition) is 7. The highest BCUT2D eigenvalue weighted by molar-refractivity contribution is 5.95. The van der Waals surface area contributed by atoms with E-state index in [0.29, 0.717) is 42.6 Å². The molecule has 1 aliphatic rings. The molecule has 1 amide bonds. The summed E-state index contributed by atoms with van der Waals surface area (Å²) in [6.45, 7) is 5.45. The number of carbonyl (C=O) groups excluding carboxylic acids is 1. The van der Waals surface area contributed by atoms with Crippen molar-refractivity contribution >= 4 is 5.91 Å². The maximum atomic E-state index is 13.0. The molecule has 0 N–H and O–H groups in total. The van der Waals surface area contributed by atoms with Crippen molar-refractivity contribution < 1.29 is 23.4 Å². The van der Waals surface area contributed by atoms with Crippen LogP contribution in [0, 0.1) is 6.92 Å². The van der Waals surface area contributed by atoms with Crippen LogP contribution in [0.3, 0.4) is 0 Å². The van der Waals surface area contributed by atoms with Gasteiger partial charge in [-0.25, -0.2) is 4.98 Å². The molecule has 0 radical (unpaired) electrons. The fraction of sp³-hybridized carbons (Fsp3) is 0.360. The Balaban J connectivity index is 1.37. The molecule has 0 atom stereocenters. The molecule has 4 rings (SSSR count). The van der Waals surface area contributed by atoms with Crippen molar-refractivity contribution in [2.24, 2.45) is 0 Å². The fourth-order valence-electron chi connectivity index (χ4n) is 3.90. The van der Waals surface area contributed by atoms with E-state index >= 15 is 0 Å². The van der Waals surface area contributed by atoms with Crippen molar-refractivity contribution in [3.8, 4) is 28.7 Å². The zero-order valence-corrected chi connectivity index (χ0v) is 19.5. The number of aryl methyl sites for hydroxylation is 1. The van der Waals surface area contributed by atoms with Crippen molar-refractivity contribution in [2.75, 3.05) is 47.5 Å². The van der Waals surface area contributed by atoms with E-state index in [9.17, 15) is 4.79 Å². The number of carbonyl (C=O) groups is 1. The Hall–Kier alpha value is -3.52. The third kappa shape index (κ3) is 4.96. The Morgan fingerprint density at radius 2 is 1.64 bits per heavy atom. The Labute approximate surface area is 193 Å². The molecular weight excluding hydrogens is 422 g/mol. The molecule has 1 aliphatic heterocycles. The van der Waals surface area contributed by atoms with Crippen LogP contribution in [0.1, 0.15) is 21.8 Å². The van der Waals surface area contributed by atoms with Crippen LogP contribution in [0.4, 0.5) is 0 Å². The highest BCUT2D eigenvalue weighted by Gasteiger charge is 2.24. The summed E-state index contributed by atoms with van der Waals surface area (Å²) in [5.41, 5.74) is 2.42. The van der Waals surface area contributed by atoms with Crippen molar-refractivity contribution in [3.63, 3.8) is 0 Å². The Morgan fingerprint density at radius 1 is 0.939 bits per heavy atom. The van der Waals surface area contributed by atoms with Gasteiger partial charge >= 0.3 is 0 Å². The lowest BCUT2D eigenvalue weighted by Crippen LogP contribution is -2.48.